The molecule has 0 atom stereocenters. The highest BCUT2D eigenvalue weighted by Crippen LogP contribution is 2.26. The van der Waals surface area contributed by atoms with Crippen LogP contribution >= 0.6 is 38.5 Å². The van der Waals surface area contributed by atoms with Crippen molar-refractivity contribution < 1.29 is 8.42 Å². The average molecular weight is 477 g/mol. The van der Waals surface area contributed by atoms with Crippen LogP contribution in [0.5, 0.6) is 0 Å². The first-order chi connectivity index (χ1) is 9.97. The molecule has 0 bridgehead atoms. The second-order valence-electron chi connectivity index (χ2n) is 4.54. The number of rotatable bonds is 3. The molecule has 0 saturated carbocycles. The summed E-state index contributed by atoms with van der Waals surface area (Å²) in [4.78, 5) is 4.24. The van der Waals surface area contributed by atoms with E-state index in [0.717, 1.165) is 19.0 Å². The normalized spacial score (nSPS) is 11.9. The molecule has 0 unspecified atom stereocenters. The van der Waals surface area contributed by atoms with Gasteiger partial charge in [0.15, 0.2) is 5.65 Å². The number of halogens is 2. The SMILES string of the molecule is O=S(=O)(Cc1ccccc1)n1cc(I)c2cc(Br)cnc21. The summed E-state index contributed by atoms with van der Waals surface area (Å²) in [6, 6.07) is 11.0. The van der Waals surface area contributed by atoms with Crippen molar-refractivity contribution in [1.82, 2.24) is 8.96 Å². The number of benzene rings is 1. The Hall–Kier alpha value is -0.930. The number of fused-ring (bicyclic) bond motifs is 1. The van der Waals surface area contributed by atoms with Gasteiger partial charge in [-0.3, -0.25) is 0 Å². The van der Waals surface area contributed by atoms with Crippen molar-refractivity contribution in [2.75, 3.05) is 0 Å². The van der Waals surface area contributed by atoms with Crippen molar-refractivity contribution in [3.63, 3.8) is 0 Å². The third-order valence-electron chi connectivity index (χ3n) is 3.02. The molecule has 2 aromatic heterocycles. The highest BCUT2D eigenvalue weighted by molar-refractivity contribution is 14.1. The molecule has 0 spiro atoms. The van der Waals surface area contributed by atoms with Crippen LogP contribution in [0.25, 0.3) is 11.0 Å². The maximum atomic E-state index is 12.6. The number of hydrogen-bond acceptors (Lipinski definition) is 3. The summed E-state index contributed by atoms with van der Waals surface area (Å²) < 4.78 is 28.2. The first-order valence-corrected chi connectivity index (χ1v) is 9.55. The maximum absolute atomic E-state index is 12.6. The van der Waals surface area contributed by atoms with Gasteiger partial charge in [-0.1, -0.05) is 30.3 Å². The Morgan fingerprint density at radius 3 is 2.67 bits per heavy atom. The molecule has 3 aromatic rings. The number of nitrogens with zero attached hydrogens (tertiary/aromatic N) is 2. The van der Waals surface area contributed by atoms with Crippen molar-refractivity contribution in [3.05, 3.63) is 62.4 Å². The Balaban J connectivity index is 2.11. The van der Waals surface area contributed by atoms with E-state index in [2.05, 4.69) is 43.5 Å². The topological polar surface area (TPSA) is 52.0 Å². The molecule has 0 saturated heterocycles. The number of hydrogen-bond donors (Lipinski definition) is 0. The summed E-state index contributed by atoms with van der Waals surface area (Å²) in [5, 5.41) is 0.821. The molecule has 4 nitrogen and oxygen atoms in total. The summed E-state index contributed by atoms with van der Waals surface area (Å²) in [5.41, 5.74) is 1.21. The van der Waals surface area contributed by atoms with Crippen LogP contribution in [0.15, 0.2) is 53.3 Å². The van der Waals surface area contributed by atoms with E-state index in [0.29, 0.717) is 5.65 Å². The predicted octanol–water partition coefficient (Wildman–Crippen LogP) is 3.78. The summed E-state index contributed by atoms with van der Waals surface area (Å²) in [6.07, 6.45) is 3.22. The molecule has 2 heterocycles. The average Bonchev–Trinajstić information content (AvgIpc) is 2.77. The zero-order valence-corrected chi connectivity index (χ0v) is 15.3. The second kappa shape index (κ2) is 5.69. The van der Waals surface area contributed by atoms with Crippen molar-refractivity contribution in [2.24, 2.45) is 0 Å². The van der Waals surface area contributed by atoms with E-state index in [9.17, 15) is 8.42 Å². The van der Waals surface area contributed by atoms with Crippen molar-refractivity contribution in [2.45, 2.75) is 5.75 Å². The van der Waals surface area contributed by atoms with Gasteiger partial charge >= 0.3 is 0 Å². The lowest BCUT2D eigenvalue weighted by atomic mass is 10.2. The van der Waals surface area contributed by atoms with Gasteiger partial charge in [0.1, 0.15) is 0 Å². The second-order valence-corrected chi connectivity index (χ2v) is 8.46. The van der Waals surface area contributed by atoms with E-state index in [4.69, 9.17) is 0 Å². The lowest BCUT2D eigenvalue weighted by molar-refractivity contribution is 0.588. The molecule has 0 fully saturated rings. The van der Waals surface area contributed by atoms with Crippen LogP contribution in [0.3, 0.4) is 0 Å². The van der Waals surface area contributed by atoms with Crippen LogP contribution in [0.4, 0.5) is 0 Å². The summed E-state index contributed by atoms with van der Waals surface area (Å²) >= 11 is 5.48. The van der Waals surface area contributed by atoms with E-state index in [-0.39, 0.29) is 5.75 Å². The van der Waals surface area contributed by atoms with Crippen LogP contribution < -0.4 is 0 Å². The number of pyridine rings is 1. The molecular weight excluding hydrogens is 467 g/mol. The molecule has 1 aromatic carbocycles. The largest absolute Gasteiger partial charge is 0.244 e. The highest BCUT2D eigenvalue weighted by atomic mass is 127. The van der Waals surface area contributed by atoms with Crippen LogP contribution in [-0.2, 0) is 15.8 Å². The minimum Gasteiger partial charge on any atom is -0.236 e. The first kappa shape index (κ1) is 15.0. The maximum Gasteiger partial charge on any atom is 0.244 e. The Labute approximate surface area is 144 Å². The third kappa shape index (κ3) is 3.00. The molecule has 0 amide bonds. The zero-order valence-electron chi connectivity index (χ0n) is 10.7. The van der Waals surface area contributed by atoms with Crippen molar-refractivity contribution in [3.8, 4) is 0 Å². The Morgan fingerprint density at radius 2 is 1.95 bits per heavy atom. The van der Waals surface area contributed by atoms with E-state index >= 15 is 0 Å². The van der Waals surface area contributed by atoms with E-state index < -0.39 is 10.0 Å². The summed E-state index contributed by atoms with van der Waals surface area (Å²) in [5.74, 6) is -0.0502. The smallest absolute Gasteiger partial charge is 0.236 e. The molecule has 0 aliphatic rings. The van der Waals surface area contributed by atoms with Crippen LogP contribution in [0, 0.1) is 3.57 Å². The Bertz CT molecular complexity index is 907. The first-order valence-electron chi connectivity index (χ1n) is 6.07. The molecule has 0 aliphatic carbocycles. The molecule has 108 valence electrons. The quantitative estimate of drug-likeness (QED) is 0.540. The Morgan fingerprint density at radius 1 is 1.24 bits per heavy atom. The fourth-order valence-corrected chi connectivity index (χ4v) is 4.71. The van der Waals surface area contributed by atoms with E-state index in [1.807, 2.05) is 24.3 Å². The zero-order chi connectivity index (χ0) is 15.0. The monoisotopic (exact) mass is 476 g/mol. The van der Waals surface area contributed by atoms with Gasteiger partial charge in [0.2, 0.25) is 10.0 Å². The predicted molar refractivity (Wildman–Crippen MR) is 94.6 cm³/mol. The van der Waals surface area contributed by atoms with Gasteiger partial charge in [0, 0.05) is 25.8 Å². The van der Waals surface area contributed by atoms with Gasteiger partial charge in [-0.05, 0) is 50.2 Å². The van der Waals surface area contributed by atoms with Crippen LogP contribution in [0.2, 0.25) is 0 Å². The minimum atomic E-state index is -3.50. The van der Waals surface area contributed by atoms with Crippen LogP contribution in [0.1, 0.15) is 5.56 Å². The number of aromatic nitrogens is 2. The summed E-state index contributed by atoms with van der Waals surface area (Å²) in [7, 11) is -3.50. The van der Waals surface area contributed by atoms with Crippen LogP contribution in [-0.4, -0.2) is 17.4 Å². The lowest BCUT2D eigenvalue weighted by Crippen LogP contribution is -2.14. The van der Waals surface area contributed by atoms with Gasteiger partial charge in [0.25, 0.3) is 0 Å². The summed E-state index contributed by atoms with van der Waals surface area (Å²) in [6.45, 7) is 0. The van der Waals surface area contributed by atoms with Gasteiger partial charge in [-0.15, -0.1) is 0 Å². The third-order valence-corrected chi connectivity index (χ3v) is 5.89. The Kier molecular flexibility index (Phi) is 4.06. The molecule has 21 heavy (non-hydrogen) atoms. The molecule has 3 rings (SSSR count). The molecule has 0 radical (unpaired) electrons. The van der Waals surface area contributed by atoms with Gasteiger partial charge in [0.05, 0.1) is 5.75 Å². The van der Waals surface area contributed by atoms with Gasteiger partial charge in [-0.25, -0.2) is 17.4 Å². The highest BCUT2D eigenvalue weighted by Gasteiger charge is 2.19. The molecular formula is C14H10BrIN2O2S. The fraction of sp³-hybridized carbons (Fsp3) is 0.0714. The fourth-order valence-electron chi connectivity index (χ4n) is 2.08. The van der Waals surface area contributed by atoms with E-state index in [1.54, 1.807) is 24.5 Å². The van der Waals surface area contributed by atoms with Crippen molar-refractivity contribution in [1.29, 1.82) is 0 Å². The minimum absolute atomic E-state index is 0.0502. The van der Waals surface area contributed by atoms with Crippen molar-refractivity contribution >= 4 is 59.6 Å². The van der Waals surface area contributed by atoms with Gasteiger partial charge < -0.3 is 0 Å². The standard InChI is InChI=1S/C14H10BrIN2O2S/c15-11-6-12-13(16)8-18(14(12)17-7-11)21(19,20)9-10-4-2-1-3-5-10/h1-8H,9H2. The van der Waals surface area contributed by atoms with Gasteiger partial charge in [-0.2, -0.15) is 0 Å². The lowest BCUT2D eigenvalue weighted by Gasteiger charge is -2.06. The molecule has 0 N–H and O–H groups in total. The molecule has 0 aliphatic heterocycles. The molecule has 7 heteroatoms. The van der Waals surface area contributed by atoms with E-state index in [1.165, 1.54) is 3.97 Å².